The fourth-order valence-corrected chi connectivity index (χ4v) is 5.12. The van der Waals surface area contributed by atoms with E-state index in [1.165, 1.54) is 39.6 Å². The van der Waals surface area contributed by atoms with Gasteiger partial charge in [-0.3, -0.25) is 0 Å². The Kier molecular flexibility index (Phi) is 4.66. The maximum absolute atomic E-state index is 13.1. The molecule has 1 aliphatic heterocycles. The molecule has 3 heterocycles. The van der Waals surface area contributed by atoms with Gasteiger partial charge in [0.15, 0.2) is 17.3 Å². The lowest BCUT2D eigenvalue weighted by Crippen LogP contribution is -3.11. The molecule has 28 heavy (non-hydrogen) atoms. The van der Waals surface area contributed by atoms with Crippen LogP contribution in [0.15, 0.2) is 59.1 Å². The smallest absolute Gasteiger partial charge is 0.250 e. The highest BCUT2D eigenvalue weighted by Crippen LogP contribution is 2.29. The number of nitrogens with one attached hydrogen (secondary N) is 1. The zero-order valence-electron chi connectivity index (χ0n) is 15.4. The Morgan fingerprint density at radius 3 is 2.82 bits per heavy atom. The van der Waals surface area contributed by atoms with Crippen molar-refractivity contribution in [1.82, 2.24) is 9.97 Å². The Morgan fingerprint density at radius 2 is 1.96 bits per heavy atom. The fourth-order valence-electron chi connectivity index (χ4n) is 3.96. The molecule has 1 N–H and O–H groups in total. The molecular formula is C22H21FN3OS+. The minimum Gasteiger partial charge on any atom is -0.435 e. The minimum absolute atomic E-state index is 0.250. The lowest BCUT2D eigenvalue weighted by molar-refractivity contribution is -0.951. The summed E-state index contributed by atoms with van der Waals surface area (Å²) in [6.45, 7) is 1.83. The molecule has 0 spiro atoms. The maximum atomic E-state index is 13.1. The summed E-state index contributed by atoms with van der Waals surface area (Å²) < 4.78 is 20.4. The standard InChI is InChI=1S/C22H20FN3OS/c23-16-10-8-15(9-11-16)19-13-24-21(27-19)14-26-12-4-3-6-18(26)22-25-17-5-1-2-7-20(17)28-22/h1-2,5,7-11,13,18H,3-4,6,12,14H2/p+1/t18-/m1/s1. The molecule has 1 unspecified atom stereocenters. The van der Waals surface area contributed by atoms with Gasteiger partial charge in [-0.05, 0) is 49.2 Å². The number of nitrogens with zero attached hydrogens (tertiary/aromatic N) is 2. The molecule has 0 amide bonds. The highest BCUT2D eigenvalue weighted by Gasteiger charge is 2.31. The first-order valence-corrected chi connectivity index (χ1v) is 10.5. The van der Waals surface area contributed by atoms with Gasteiger partial charge in [0, 0.05) is 12.0 Å². The number of likely N-dealkylation sites (tertiary alicyclic amines) is 1. The summed E-state index contributed by atoms with van der Waals surface area (Å²) in [5.74, 6) is 1.16. The molecule has 6 heteroatoms. The van der Waals surface area contributed by atoms with Gasteiger partial charge in [0.25, 0.3) is 5.89 Å². The van der Waals surface area contributed by atoms with E-state index in [4.69, 9.17) is 9.40 Å². The molecule has 0 bridgehead atoms. The first-order chi connectivity index (χ1) is 13.8. The van der Waals surface area contributed by atoms with Gasteiger partial charge in [-0.25, -0.2) is 14.4 Å². The number of para-hydroxylation sites is 1. The number of oxazole rings is 1. The molecule has 142 valence electrons. The number of halogens is 1. The van der Waals surface area contributed by atoms with Gasteiger partial charge in [-0.2, -0.15) is 0 Å². The van der Waals surface area contributed by atoms with Gasteiger partial charge < -0.3 is 9.32 Å². The number of fused-ring (bicyclic) bond motifs is 1. The third kappa shape index (κ3) is 3.45. The van der Waals surface area contributed by atoms with Crippen LogP contribution in [0.3, 0.4) is 0 Å². The van der Waals surface area contributed by atoms with E-state index in [1.54, 1.807) is 29.7 Å². The topological polar surface area (TPSA) is 43.4 Å². The van der Waals surface area contributed by atoms with E-state index in [-0.39, 0.29) is 5.82 Å². The number of quaternary nitrogens is 1. The van der Waals surface area contributed by atoms with Crippen molar-refractivity contribution in [3.63, 3.8) is 0 Å². The van der Waals surface area contributed by atoms with Gasteiger partial charge >= 0.3 is 0 Å². The maximum Gasteiger partial charge on any atom is 0.250 e. The van der Waals surface area contributed by atoms with E-state index in [0.717, 1.165) is 36.5 Å². The van der Waals surface area contributed by atoms with Crippen molar-refractivity contribution in [2.75, 3.05) is 6.54 Å². The van der Waals surface area contributed by atoms with Crippen molar-refractivity contribution in [3.05, 3.63) is 71.4 Å². The predicted molar refractivity (Wildman–Crippen MR) is 108 cm³/mol. The van der Waals surface area contributed by atoms with Crippen molar-refractivity contribution in [2.24, 2.45) is 0 Å². The van der Waals surface area contributed by atoms with Gasteiger partial charge in [0.2, 0.25) is 0 Å². The van der Waals surface area contributed by atoms with Crippen LogP contribution in [0.2, 0.25) is 0 Å². The van der Waals surface area contributed by atoms with Crippen molar-refractivity contribution in [2.45, 2.75) is 31.8 Å². The van der Waals surface area contributed by atoms with E-state index in [2.05, 4.69) is 23.2 Å². The summed E-state index contributed by atoms with van der Waals surface area (Å²) in [6, 6.07) is 15.0. The van der Waals surface area contributed by atoms with Crippen LogP contribution in [0, 0.1) is 5.82 Å². The predicted octanol–water partition coefficient (Wildman–Crippen LogP) is 4.40. The number of hydrogen-bond acceptors (Lipinski definition) is 4. The van der Waals surface area contributed by atoms with Gasteiger partial charge in [-0.15, -0.1) is 11.3 Å². The summed E-state index contributed by atoms with van der Waals surface area (Å²) in [7, 11) is 0. The van der Waals surface area contributed by atoms with Crippen LogP contribution < -0.4 is 4.90 Å². The summed E-state index contributed by atoms with van der Waals surface area (Å²) in [6.07, 6.45) is 5.32. The third-order valence-corrected chi connectivity index (χ3v) is 6.55. The van der Waals surface area contributed by atoms with Gasteiger partial charge in [0.05, 0.1) is 23.0 Å². The average molecular weight is 394 g/mol. The van der Waals surface area contributed by atoms with Crippen molar-refractivity contribution in [1.29, 1.82) is 0 Å². The van der Waals surface area contributed by atoms with E-state index in [9.17, 15) is 4.39 Å². The highest BCUT2D eigenvalue weighted by atomic mass is 32.1. The number of benzene rings is 2. The lowest BCUT2D eigenvalue weighted by Gasteiger charge is -2.30. The lowest BCUT2D eigenvalue weighted by atomic mass is 10.0. The van der Waals surface area contributed by atoms with E-state index in [1.807, 2.05) is 6.07 Å². The van der Waals surface area contributed by atoms with Crippen LogP contribution in [-0.2, 0) is 6.54 Å². The Morgan fingerprint density at radius 1 is 1.11 bits per heavy atom. The summed E-state index contributed by atoms with van der Waals surface area (Å²) in [5.41, 5.74) is 1.93. The molecule has 4 aromatic rings. The SMILES string of the molecule is Fc1ccc(-c2cnc(C[NH+]3CCCC[C@@H]3c3nc4ccccc4s3)o2)cc1. The average Bonchev–Trinajstić information content (AvgIpc) is 3.36. The number of hydrogen-bond donors (Lipinski definition) is 1. The second-order valence-corrected chi connectivity index (χ2v) is 8.34. The van der Waals surface area contributed by atoms with Crippen molar-refractivity contribution >= 4 is 21.6 Å². The van der Waals surface area contributed by atoms with Gasteiger partial charge in [-0.1, -0.05) is 12.1 Å². The van der Waals surface area contributed by atoms with E-state index in [0.29, 0.717) is 11.8 Å². The second kappa shape index (κ2) is 7.45. The molecule has 2 aromatic heterocycles. The van der Waals surface area contributed by atoms with Gasteiger partial charge in [0.1, 0.15) is 11.9 Å². The molecule has 0 saturated carbocycles. The zero-order chi connectivity index (χ0) is 18.9. The third-order valence-electron chi connectivity index (χ3n) is 5.40. The number of thiazole rings is 1. The summed E-state index contributed by atoms with van der Waals surface area (Å²) in [5, 5.41) is 1.21. The van der Waals surface area contributed by atoms with Crippen LogP contribution in [0.4, 0.5) is 4.39 Å². The molecule has 0 radical (unpaired) electrons. The van der Waals surface area contributed by atoms with Crippen molar-refractivity contribution < 1.29 is 13.7 Å². The normalized spacial score (nSPS) is 19.9. The van der Waals surface area contributed by atoms with E-state index >= 15 is 0 Å². The molecule has 2 aromatic carbocycles. The molecule has 4 nitrogen and oxygen atoms in total. The Bertz CT molecular complexity index is 1060. The first-order valence-electron chi connectivity index (χ1n) is 9.67. The van der Waals surface area contributed by atoms with Crippen molar-refractivity contribution in [3.8, 4) is 11.3 Å². The quantitative estimate of drug-likeness (QED) is 0.558. The number of rotatable bonds is 4. The summed E-state index contributed by atoms with van der Waals surface area (Å²) >= 11 is 1.80. The molecule has 1 fully saturated rings. The van der Waals surface area contributed by atoms with Crippen LogP contribution in [0.1, 0.15) is 36.2 Å². The Hall–Kier alpha value is -2.57. The molecule has 5 rings (SSSR count). The van der Waals surface area contributed by atoms with Crippen LogP contribution in [0.25, 0.3) is 21.5 Å². The highest BCUT2D eigenvalue weighted by molar-refractivity contribution is 7.18. The molecule has 2 atom stereocenters. The number of piperidine rings is 1. The Balaban J connectivity index is 1.38. The molecular weight excluding hydrogens is 373 g/mol. The molecule has 1 saturated heterocycles. The van der Waals surface area contributed by atoms with E-state index < -0.39 is 0 Å². The minimum atomic E-state index is -0.250. The summed E-state index contributed by atoms with van der Waals surface area (Å²) in [4.78, 5) is 10.8. The Labute approximate surface area is 166 Å². The first kappa shape index (κ1) is 17.5. The zero-order valence-corrected chi connectivity index (χ0v) is 16.2. The largest absolute Gasteiger partial charge is 0.435 e. The molecule has 0 aliphatic carbocycles. The second-order valence-electron chi connectivity index (χ2n) is 7.28. The molecule has 1 aliphatic rings. The number of aromatic nitrogens is 2. The fraction of sp³-hybridized carbons (Fsp3) is 0.273. The van der Waals surface area contributed by atoms with Crippen LogP contribution in [-0.4, -0.2) is 16.5 Å². The van der Waals surface area contributed by atoms with Crippen LogP contribution >= 0.6 is 11.3 Å². The van der Waals surface area contributed by atoms with Crippen LogP contribution in [0.5, 0.6) is 0 Å². The monoisotopic (exact) mass is 394 g/mol.